The SMILES string of the molecule is COc1ccc2cc(-c3cnc4n3CCNC4)ccc2c1. The fourth-order valence-electron chi connectivity index (χ4n) is 2.94. The number of hydrogen-bond acceptors (Lipinski definition) is 3. The van der Waals surface area contributed by atoms with Crippen molar-refractivity contribution in [3.05, 3.63) is 48.4 Å². The van der Waals surface area contributed by atoms with Gasteiger partial charge < -0.3 is 14.6 Å². The molecule has 0 radical (unpaired) electrons. The smallest absolute Gasteiger partial charge is 0.123 e. The molecular formula is C17H17N3O. The Balaban J connectivity index is 1.82. The molecule has 0 unspecified atom stereocenters. The van der Waals surface area contributed by atoms with Crippen LogP contribution in [0.2, 0.25) is 0 Å². The minimum absolute atomic E-state index is 0.852. The van der Waals surface area contributed by atoms with Gasteiger partial charge in [0, 0.05) is 18.7 Å². The summed E-state index contributed by atoms with van der Waals surface area (Å²) >= 11 is 0. The second-order valence-corrected chi connectivity index (χ2v) is 5.32. The van der Waals surface area contributed by atoms with Crippen molar-refractivity contribution >= 4 is 10.8 Å². The number of fused-ring (bicyclic) bond motifs is 2. The Morgan fingerprint density at radius 2 is 2.00 bits per heavy atom. The molecule has 2 heterocycles. The summed E-state index contributed by atoms with van der Waals surface area (Å²) in [6.45, 7) is 2.83. The standard InChI is InChI=1S/C17H17N3O/c1-21-15-5-4-12-8-14(3-2-13(12)9-15)16-10-19-17-11-18-6-7-20(16)17/h2-5,8-10,18H,6-7,11H2,1H3. The molecule has 1 N–H and O–H groups in total. The number of nitrogens with zero attached hydrogens (tertiary/aromatic N) is 2. The van der Waals surface area contributed by atoms with Crippen LogP contribution in [0.3, 0.4) is 0 Å². The Hall–Kier alpha value is -2.33. The van der Waals surface area contributed by atoms with Crippen molar-refractivity contribution in [2.75, 3.05) is 13.7 Å². The van der Waals surface area contributed by atoms with Gasteiger partial charge in [0.1, 0.15) is 11.6 Å². The van der Waals surface area contributed by atoms with Crippen LogP contribution < -0.4 is 10.1 Å². The van der Waals surface area contributed by atoms with Gasteiger partial charge in [0.2, 0.25) is 0 Å². The number of nitrogens with one attached hydrogen (secondary N) is 1. The van der Waals surface area contributed by atoms with Crippen LogP contribution >= 0.6 is 0 Å². The lowest BCUT2D eigenvalue weighted by molar-refractivity contribution is 0.415. The highest BCUT2D eigenvalue weighted by Crippen LogP contribution is 2.28. The van der Waals surface area contributed by atoms with Crippen LogP contribution in [0.25, 0.3) is 22.0 Å². The Labute approximate surface area is 123 Å². The molecule has 0 atom stereocenters. The van der Waals surface area contributed by atoms with E-state index in [0.717, 1.165) is 31.2 Å². The summed E-state index contributed by atoms with van der Waals surface area (Å²) in [6.07, 6.45) is 1.98. The van der Waals surface area contributed by atoms with Crippen LogP contribution in [0.15, 0.2) is 42.6 Å². The lowest BCUT2D eigenvalue weighted by atomic mass is 10.0. The third kappa shape index (κ3) is 2.08. The van der Waals surface area contributed by atoms with Gasteiger partial charge in [-0.15, -0.1) is 0 Å². The van der Waals surface area contributed by atoms with E-state index in [4.69, 9.17) is 4.74 Å². The molecule has 21 heavy (non-hydrogen) atoms. The predicted molar refractivity (Wildman–Crippen MR) is 83.4 cm³/mol. The van der Waals surface area contributed by atoms with Gasteiger partial charge in [0.05, 0.1) is 25.5 Å². The molecule has 1 aliphatic heterocycles. The van der Waals surface area contributed by atoms with Crippen molar-refractivity contribution in [1.82, 2.24) is 14.9 Å². The number of rotatable bonds is 2. The number of benzene rings is 2. The highest BCUT2D eigenvalue weighted by molar-refractivity contribution is 5.88. The maximum atomic E-state index is 5.28. The van der Waals surface area contributed by atoms with Crippen molar-refractivity contribution in [2.24, 2.45) is 0 Å². The zero-order valence-electron chi connectivity index (χ0n) is 12.0. The second kappa shape index (κ2) is 4.90. The van der Waals surface area contributed by atoms with E-state index in [-0.39, 0.29) is 0 Å². The van der Waals surface area contributed by atoms with E-state index in [1.807, 2.05) is 12.3 Å². The molecule has 2 aromatic carbocycles. The fourth-order valence-corrected chi connectivity index (χ4v) is 2.94. The molecule has 0 saturated heterocycles. The van der Waals surface area contributed by atoms with Gasteiger partial charge in [0.25, 0.3) is 0 Å². The number of aromatic nitrogens is 2. The van der Waals surface area contributed by atoms with Gasteiger partial charge in [-0.05, 0) is 29.0 Å². The molecule has 1 aliphatic rings. The number of ether oxygens (including phenoxy) is 1. The molecule has 1 aromatic heterocycles. The third-order valence-corrected chi connectivity index (χ3v) is 4.08. The molecule has 4 nitrogen and oxygen atoms in total. The van der Waals surface area contributed by atoms with E-state index >= 15 is 0 Å². The van der Waals surface area contributed by atoms with Crippen LogP contribution in [-0.4, -0.2) is 23.2 Å². The molecule has 3 aromatic rings. The van der Waals surface area contributed by atoms with E-state index in [2.05, 4.69) is 45.2 Å². The van der Waals surface area contributed by atoms with Crippen LogP contribution in [0.1, 0.15) is 5.82 Å². The maximum absolute atomic E-state index is 5.28. The summed E-state index contributed by atoms with van der Waals surface area (Å²) in [5, 5.41) is 5.76. The van der Waals surface area contributed by atoms with E-state index in [1.165, 1.54) is 22.0 Å². The zero-order chi connectivity index (χ0) is 14.2. The summed E-state index contributed by atoms with van der Waals surface area (Å²) in [6, 6.07) is 12.7. The molecule has 4 rings (SSSR count). The number of methoxy groups -OCH3 is 1. The summed E-state index contributed by atoms with van der Waals surface area (Å²) < 4.78 is 7.58. The van der Waals surface area contributed by atoms with Crippen molar-refractivity contribution in [2.45, 2.75) is 13.1 Å². The number of hydrogen-bond donors (Lipinski definition) is 1. The minimum atomic E-state index is 0.852. The summed E-state index contributed by atoms with van der Waals surface area (Å²) in [7, 11) is 1.70. The second-order valence-electron chi connectivity index (χ2n) is 5.32. The van der Waals surface area contributed by atoms with Gasteiger partial charge in [-0.2, -0.15) is 0 Å². The van der Waals surface area contributed by atoms with E-state index in [0.29, 0.717) is 0 Å². The first-order chi connectivity index (χ1) is 10.3. The molecular weight excluding hydrogens is 262 g/mol. The van der Waals surface area contributed by atoms with Gasteiger partial charge >= 0.3 is 0 Å². The van der Waals surface area contributed by atoms with Gasteiger partial charge in [-0.3, -0.25) is 0 Å². The highest BCUT2D eigenvalue weighted by Gasteiger charge is 2.14. The van der Waals surface area contributed by atoms with Gasteiger partial charge in [-0.1, -0.05) is 18.2 Å². The molecule has 4 heteroatoms. The fraction of sp³-hybridized carbons (Fsp3) is 0.235. The summed E-state index contributed by atoms with van der Waals surface area (Å²) in [5.41, 5.74) is 2.41. The van der Waals surface area contributed by atoms with Crippen LogP contribution in [0.5, 0.6) is 5.75 Å². The molecule has 0 amide bonds. The van der Waals surface area contributed by atoms with E-state index < -0.39 is 0 Å². The van der Waals surface area contributed by atoms with Gasteiger partial charge in [-0.25, -0.2) is 4.98 Å². The van der Waals surface area contributed by atoms with Gasteiger partial charge in [0.15, 0.2) is 0 Å². The predicted octanol–water partition coefficient (Wildman–Crippen LogP) is 2.82. The Morgan fingerprint density at radius 3 is 2.90 bits per heavy atom. The molecule has 106 valence electrons. The Morgan fingerprint density at radius 1 is 1.14 bits per heavy atom. The summed E-state index contributed by atoms with van der Waals surface area (Å²) in [4.78, 5) is 4.52. The van der Waals surface area contributed by atoms with Crippen LogP contribution in [0.4, 0.5) is 0 Å². The van der Waals surface area contributed by atoms with Crippen molar-refractivity contribution < 1.29 is 4.74 Å². The van der Waals surface area contributed by atoms with E-state index in [1.54, 1.807) is 7.11 Å². The molecule has 0 fully saturated rings. The maximum Gasteiger partial charge on any atom is 0.123 e. The first-order valence-electron chi connectivity index (χ1n) is 7.18. The van der Waals surface area contributed by atoms with Crippen molar-refractivity contribution in [3.8, 4) is 17.0 Å². The Bertz CT molecular complexity index is 807. The average Bonchev–Trinajstić information content (AvgIpc) is 2.98. The lowest BCUT2D eigenvalue weighted by Crippen LogP contribution is -2.28. The monoisotopic (exact) mass is 279 g/mol. The average molecular weight is 279 g/mol. The quantitative estimate of drug-likeness (QED) is 0.784. The van der Waals surface area contributed by atoms with Crippen molar-refractivity contribution in [1.29, 1.82) is 0 Å². The topological polar surface area (TPSA) is 39.1 Å². The van der Waals surface area contributed by atoms with E-state index in [9.17, 15) is 0 Å². The largest absolute Gasteiger partial charge is 0.497 e. The zero-order valence-corrected chi connectivity index (χ0v) is 12.0. The minimum Gasteiger partial charge on any atom is -0.497 e. The lowest BCUT2D eigenvalue weighted by Gasteiger charge is -2.17. The number of imidazole rings is 1. The first-order valence-corrected chi connectivity index (χ1v) is 7.18. The molecule has 0 bridgehead atoms. The molecule has 0 saturated carbocycles. The molecule has 0 spiro atoms. The normalized spacial score (nSPS) is 14.1. The van der Waals surface area contributed by atoms with Crippen LogP contribution in [0, 0.1) is 0 Å². The summed E-state index contributed by atoms with van der Waals surface area (Å²) in [5.74, 6) is 2.01. The Kier molecular flexibility index (Phi) is 2.89. The van der Waals surface area contributed by atoms with Crippen LogP contribution in [-0.2, 0) is 13.1 Å². The molecule has 0 aliphatic carbocycles. The van der Waals surface area contributed by atoms with Crippen molar-refractivity contribution in [3.63, 3.8) is 0 Å². The third-order valence-electron chi connectivity index (χ3n) is 4.08. The first kappa shape index (κ1) is 12.4. The highest BCUT2D eigenvalue weighted by atomic mass is 16.5.